The first-order valence-electron chi connectivity index (χ1n) is 2.69. The second-order valence-electron chi connectivity index (χ2n) is 1.78. The van der Waals surface area contributed by atoms with Crippen molar-refractivity contribution in [1.82, 2.24) is 0 Å². The van der Waals surface area contributed by atoms with E-state index >= 15 is 0 Å². The molecule has 2 nitrogen and oxygen atoms in total. The fourth-order valence-electron chi connectivity index (χ4n) is 0.635. The van der Waals surface area contributed by atoms with E-state index in [1.165, 1.54) is 6.07 Å². The van der Waals surface area contributed by atoms with E-state index in [4.69, 9.17) is 16.7 Å². The van der Waals surface area contributed by atoms with Gasteiger partial charge in [0.1, 0.15) is 0 Å². The van der Waals surface area contributed by atoms with Crippen LogP contribution in [0.25, 0.3) is 0 Å². The Morgan fingerprint density at radius 1 is 1.36 bits per heavy atom. The molecule has 0 saturated heterocycles. The van der Waals surface area contributed by atoms with E-state index in [2.05, 4.69) is 0 Å². The monoisotopic (exact) mass is 315 g/mol. The van der Waals surface area contributed by atoms with E-state index in [1.807, 2.05) is 0 Å². The molecule has 61 valence electrons. The van der Waals surface area contributed by atoms with Gasteiger partial charge in [0.05, 0.1) is 10.6 Å². The number of carboxylic acid groups (broad SMARTS) is 1. The molecule has 1 aromatic carbocycles. The van der Waals surface area contributed by atoms with Crippen molar-refractivity contribution in [1.29, 1.82) is 0 Å². The van der Waals surface area contributed by atoms with E-state index in [-0.39, 0.29) is 49.2 Å². The predicted molar refractivity (Wildman–Crippen MR) is 38.4 cm³/mol. The predicted octanol–water partition coefficient (Wildman–Crippen LogP) is 2.04. The first-order chi connectivity index (χ1) is 4.72. The topological polar surface area (TPSA) is 37.3 Å². The number of benzene rings is 1. The minimum absolute atomic E-state index is 0. The zero-order chi connectivity index (χ0) is 7.56. The summed E-state index contributed by atoms with van der Waals surface area (Å²) in [5.41, 5.74) is 0.143. The van der Waals surface area contributed by atoms with Crippen molar-refractivity contribution in [3.05, 3.63) is 34.9 Å². The number of hydrogen-bond acceptors (Lipinski definition) is 1. The number of halogens is 1. The minimum atomic E-state index is -0.995. The van der Waals surface area contributed by atoms with Crippen molar-refractivity contribution in [3.8, 4) is 0 Å². The van der Waals surface area contributed by atoms with Gasteiger partial charge in [-0.25, -0.2) is 4.79 Å². The summed E-state index contributed by atoms with van der Waals surface area (Å²) in [7, 11) is 0. The fourth-order valence-corrected chi connectivity index (χ4v) is 0.851. The molecule has 0 atom stereocenters. The van der Waals surface area contributed by atoms with Crippen molar-refractivity contribution < 1.29 is 48.5 Å². The van der Waals surface area contributed by atoms with Crippen molar-refractivity contribution in [3.63, 3.8) is 0 Å². The van der Waals surface area contributed by atoms with Crippen molar-refractivity contribution in [2.24, 2.45) is 0 Å². The number of aromatic carboxylic acids is 1. The van der Waals surface area contributed by atoms with Crippen LogP contribution in [-0.2, 0) is 0 Å². The van der Waals surface area contributed by atoms with Gasteiger partial charge in [0.25, 0.3) is 0 Å². The van der Waals surface area contributed by atoms with Crippen LogP contribution in [0.1, 0.15) is 10.4 Å². The van der Waals surface area contributed by atoms with Crippen molar-refractivity contribution >= 4 is 17.6 Å². The third-order valence-electron chi connectivity index (χ3n) is 1.10. The molecule has 0 saturated carbocycles. The maximum absolute atomic E-state index is 10.3. The van der Waals surface area contributed by atoms with Gasteiger partial charge < -0.3 is 5.11 Å². The summed E-state index contributed by atoms with van der Waals surface area (Å²) in [6.45, 7) is 0. The van der Waals surface area contributed by atoms with Crippen LogP contribution in [0.2, 0.25) is 5.02 Å². The Balaban J connectivity index is 0.000001000. The van der Waals surface area contributed by atoms with Crippen LogP contribution in [0, 0.1) is 38.6 Å². The quantitative estimate of drug-likeness (QED) is 0.861. The summed E-state index contributed by atoms with van der Waals surface area (Å²) in [5, 5.41) is 8.75. The van der Waals surface area contributed by atoms with Gasteiger partial charge in [0.2, 0.25) is 0 Å². The zero-order valence-electron chi connectivity index (χ0n) is 5.38. The van der Waals surface area contributed by atoms with Crippen molar-refractivity contribution in [2.45, 2.75) is 0 Å². The fraction of sp³-hybridized carbons (Fsp3) is 0. The molecule has 0 spiro atoms. The number of rotatable bonds is 1. The van der Waals surface area contributed by atoms with Gasteiger partial charge in [-0.05, 0) is 12.1 Å². The van der Waals surface area contributed by atoms with Gasteiger partial charge in [-0.1, -0.05) is 23.7 Å². The van der Waals surface area contributed by atoms with Crippen molar-refractivity contribution in [2.75, 3.05) is 0 Å². The third-order valence-corrected chi connectivity index (χ3v) is 1.43. The second-order valence-corrected chi connectivity index (χ2v) is 2.19. The van der Waals surface area contributed by atoms with Gasteiger partial charge in [-0.15, -0.1) is 0 Å². The molecule has 1 aromatic rings. The van der Waals surface area contributed by atoms with E-state index in [0.717, 1.165) is 0 Å². The molecule has 1 rings (SSSR count). The maximum atomic E-state index is 10.3. The smallest absolute Gasteiger partial charge is 0.337 e. The number of hydrogen-bond donors (Lipinski definition) is 1. The Morgan fingerprint density at radius 2 is 1.91 bits per heavy atom. The number of carboxylic acids is 1. The first kappa shape index (κ1) is 11.3. The van der Waals surface area contributed by atoms with Crippen LogP contribution in [0.4, 0.5) is 0 Å². The van der Waals surface area contributed by atoms with Crippen LogP contribution in [-0.4, -0.2) is 11.1 Å². The Morgan fingerprint density at radius 3 is 2.27 bits per heavy atom. The minimum Gasteiger partial charge on any atom is -0.478 e. The summed E-state index contributed by atoms with van der Waals surface area (Å²) >= 11 is 5.54. The molecule has 4 heteroatoms. The largest absolute Gasteiger partial charge is 0.478 e. The van der Waals surface area contributed by atoms with Gasteiger partial charge in [-0.3, -0.25) is 0 Å². The molecule has 0 aliphatic heterocycles. The molecule has 1 radical (unpaired) electrons. The van der Waals surface area contributed by atoms with E-state index < -0.39 is 5.97 Å². The Kier molecular flexibility index (Phi) is 5.13. The van der Waals surface area contributed by atoms with Gasteiger partial charge in [0.15, 0.2) is 0 Å². The van der Waals surface area contributed by atoms with Gasteiger partial charge in [-0.2, -0.15) is 0 Å². The molecule has 11 heavy (non-hydrogen) atoms. The molecule has 0 aliphatic carbocycles. The summed E-state index contributed by atoms with van der Waals surface area (Å²) in [5.74, 6) is -0.995. The van der Waals surface area contributed by atoms with Crippen LogP contribution < -0.4 is 0 Å². The van der Waals surface area contributed by atoms with E-state index in [9.17, 15) is 4.79 Å². The molecular formula is C7H5ClO2Tb. The Labute approximate surface area is 100.0 Å². The molecule has 1 N–H and O–H groups in total. The van der Waals surface area contributed by atoms with Gasteiger partial charge in [0, 0.05) is 38.6 Å². The number of carbonyl (C=O) groups is 1. The summed E-state index contributed by atoms with van der Waals surface area (Å²) < 4.78 is 0. The normalized spacial score (nSPS) is 8.45. The Hall–Kier alpha value is 0.266. The molecule has 0 aromatic heterocycles. The zero-order valence-corrected chi connectivity index (χ0v) is 8.27. The Bertz CT molecular complexity index is 262. The summed E-state index contributed by atoms with van der Waals surface area (Å²) in [4.78, 5) is 10.3. The molecule has 0 bridgehead atoms. The second kappa shape index (κ2) is 5.01. The molecule has 0 aliphatic rings. The average molecular weight is 315 g/mol. The van der Waals surface area contributed by atoms with Crippen LogP contribution in [0.5, 0.6) is 0 Å². The van der Waals surface area contributed by atoms with Crippen LogP contribution in [0.15, 0.2) is 24.3 Å². The standard InChI is InChI=1S/C7H5ClO2.Tb/c8-6-4-2-1-3-5(6)7(9)10;/h1-4H,(H,9,10);. The molecule has 0 fully saturated rings. The molecule has 0 heterocycles. The molecule has 0 amide bonds. The third kappa shape index (κ3) is 3.01. The van der Waals surface area contributed by atoms with Crippen LogP contribution in [0.3, 0.4) is 0 Å². The average Bonchev–Trinajstić information content (AvgIpc) is 1.88. The maximum Gasteiger partial charge on any atom is 0.337 e. The first-order valence-corrected chi connectivity index (χ1v) is 3.07. The van der Waals surface area contributed by atoms with E-state index in [0.29, 0.717) is 0 Å². The molecule has 0 unspecified atom stereocenters. The molecular weight excluding hydrogens is 310 g/mol. The van der Waals surface area contributed by atoms with Crippen LogP contribution >= 0.6 is 11.6 Å². The SMILES string of the molecule is O=C(O)c1ccccc1Cl.[Tb]. The summed E-state index contributed by atoms with van der Waals surface area (Å²) in [6.07, 6.45) is 0. The van der Waals surface area contributed by atoms with E-state index in [1.54, 1.807) is 18.2 Å². The summed E-state index contributed by atoms with van der Waals surface area (Å²) in [6, 6.07) is 6.33. The van der Waals surface area contributed by atoms with Gasteiger partial charge >= 0.3 is 5.97 Å².